The Balaban J connectivity index is 2.93. The first-order valence-electron chi connectivity index (χ1n) is 6.84. The van der Waals surface area contributed by atoms with Gasteiger partial charge < -0.3 is 5.11 Å². The van der Waals surface area contributed by atoms with Crippen molar-refractivity contribution in [3.63, 3.8) is 0 Å². The largest absolute Gasteiger partial charge is 0.386 e. The molecule has 0 saturated carbocycles. The number of nitrogens with zero attached hydrogens (tertiary/aromatic N) is 1. The van der Waals surface area contributed by atoms with E-state index in [9.17, 15) is 5.11 Å². The van der Waals surface area contributed by atoms with E-state index >= 15 is 0 Å². The molecule has 108 valence electrons. The maximum Gasteiger partial charge on any atom is 0.0847 e. The third-order valence-corrected chi connectivity index (χ3v) is 3.71. The maximum absolute atomic E-state index is 10.5. The van der Waals surface area contributed by atoms with Crippen LogP contribution in [-0.4, -0.2) is 10.1 Å². The topological polar surface area (TPSA) is 33.1 Å². The quantitative estimate of drug-likeness (QED) is 0.824. The van der Waals surface area contributed by atoms with Crippen molar-refractivity contribution in [2.24, 2.45) is 0 Å². The molecular formula is C17H22ClNO. The lowest BCUT2D eigenvalue weighted by Gasteiger charge is -2.25. The fraction of sp³-hybridized carbons (Fsp3) is 0.471. The molecule has 0 unspecified atom stereocenters. The molecule has 0 spiro atoms. The lowest BCUT2D eigenvalue weighted by molar-refractivity contribution is 0.0800. The third-order valence-electron chi connectivity index (χ3n) is 3.50. The van der Waals surface area contributed by atoms with Crippen LogP contribution >= 0.6 is 11.6 Å². The minimum atomic E-state index is -0.932. The summed E-state index contributed by atoms with van der Waals surface area (Å²) in [7, 11) is 0. The van der Waals surface area contributed by atoms with Gasteiger partial charge in [-0.3, -0.25) is 4.98 Å². The van der Waals surface area contributed by atoms with Crippen molar-refractivity contribution in [2.75, 3.05) is 0 Å². The van der Waals surface area contributed by atoms with Gasteiger partial charge in [0.15, 0.2) is 0 Å². The molecule has 0 aliphatic rings. The molecule has 0 amide bonds. The first kappa shape index (κ1) is 15.3. The molecule has 0 radical (unpaired) electrons. The Morgan fingerprint density at radius 3 is 2.15 bits per heavy atom. The SMILES string of the molecule is Cc1cc(Cl)cc2c(C(C)(C)O)cc(C(C)(C)C)nc12. The molecule has 3 heteroatoms. The van der Waals surface area contributed by atoms with Gasteiger partial charge in [-0.25, -0.2) is 0 Å². The van der Waals surface area contributed by atoms with E-state index in [1.165, 1.54) is 0 Å². The predicted octanol–water partition coefficient (Wildman–Crippen LogP) is 4.72. The summed E-state index contributed by atoms with van der Waals surface area (Å²) in [4.78, 5) is 4.79. The number of aliphatic hydroxyl groups is 1. The summed E-state index contributed by atoms with van der Waals surface area (Å²) in [5.74, 6) is 0. The Bertz CT molecular complexity index is 663. The molecule has 1 aromatic carbocycles. The second-order valence-corrected chi connectivity index (χ2v) is 7.42. The number of benzene rings is 1. The summed E-state index contributed by atoms with van der Waals surface area (Å²) in [6.45, 7) is 12.0. The zero-order valence-corrected chi connectivity index (χ0v) is 13.8. The highest BCUT2D eigenvalue weighted by atomic mass is 35.5. The van der Waals surface area contributed by atoms with Crippen LogP contribution in [0.5, 0.6) is 0 Å². The van der Waals surface area contributed by atoms with Gasteiger partial charge in [-0.2, -0.15) is 0 Å². The van der Waals surface area contributed by atoms with Crippen LogP contribution in [0.15, 0.2) is 18.2 Å². The van der Waals surface area contributed by atoms with E-state index in [2.05, 4.69) is 20.8 Å². The molecule has 0 aliphatic carbocycles. The number of aromatic nitrogens is 1. The number of fused-ring (bicyclic) bond motifs is 1. The van der Waals surface area contributed by atoms with Crippen LogP contribution < -0.4 is 0 Å². The first-order valence-corrected chi connectivity index (χ1v) is 7.22. The number of rotatable bonds is 1. The molecule has 20 heavy (non-hydrogen) atoms. The van der Waals surface area contributed by atoms with Crippen LogP contribution in [0.2, 0.25) is 5.02 Å². The average molecular weight is 292 g/mol. The normalized spacial score (nSPS) is 13.0. The van der Waals surface area contributed by atoms with Gasteiger partial charge >= 0.3 is 0 Å². The van der Waals surface area contributed by atoms with E-state index in [0.717, 1.165) is 27.7 Å². The third kappa shape index (κ3) is 2.82. The molecule has 1 aromatic heterocycles. The molecule has 0 atom stereocenters. The van der Waals surface area contributed by atoms with Crippen LogP contribution in [-0.2, 0) is 11.0 Å². The first-order chi connectivity index (χ1) is 9.00. The van der Waals surface area contributed by atoms with E-state index in [4.69, 9.17) is 16.6 Å². The number of halogens is 1. The van der Waals surface area contributed by atoms with Crippen LogP contribution in [0.4, 0.5) is 0 Å². The monoisotopic (exact) mass is 291 g/mol. The van der Waals surface area contributed by atoms with E-state index < -0.39 is 5.60 Å². The smallest absolute Gasteiger partial charge is 0.0847 e. The van der Waals surface area contributed by atoms with Crippen LogP contribution in [0, 0.1) is 6.92 Å². The number of hydrogen-bond donors (Lipinski definition) is 1. The van der Waals surface area contributed by atoms with Crippen LogP contribution in [0.1, 0.15) is 51.4 Å². The highest BCUT2D eigenvalue weighted by Crippen LogP contribution is 2.34. The Labute approximate surface area is 125 Å². The van der Waals surface area contributed by atoms with E-state index in [1.54, 1.807) is 13.8 Å². The molecule has 0 bridgehead atoms. The second kappa shape index (κ2) is 4.71. The fourth-order valence-electron chi connectivity index (χ4n) is 2.35. The van der Waals surface area contributed by atoms with E-state index in [-0.39, 0.29) is 5.41 Å². The Morgan fingerprint density at radius 1 is 1.05 bits per heavy atom. The molecule has 1 N–H and O–H groups in total. The Morgan fingerprint density at radius 2 is 1.65 bits per heavy atom. The second-order valence-electron chi connectivity index (χ2n) is 6.98. The number of hydrogen-bond acceptors (Lipinski definition) is 2. The molecule has 1 heterocycles. The standard InChI is InChI=1S/C17H22ClNO/c1-10-7-11(18)8-12-13(17(5,6)20)9-14(16(2,3)4)19-15(10)12/h7-9,20H,1-6H3. The highest BCUT2D eigenvalue weighted by molar-refractivity contribution is 6.31. The van der Waals surface area contributed by atoms with Gasteiger partial charge in [-0.1, -0.05) is 32.4 Å². The predicted molar refractivity (Wildman–Crippen MR) is 85.4 cm³/mol. The zero-order chi connectivity index (χ0) is 15.3. The molecule has 0 fully saturated rings. The molecule has 2 rings (SSSR count). The van der Waals surface area contributed by atoms with E-state index in [0.29, 0.717) is 5.02 Å². The summed E-state index contributed by atoms with van der Waals surface area (Å²) in [5.41, 5.74) is 2.80. The van der Waals surface area contributed by atoms with Gasteiger partial charge in [0.05, 0.1) is 11.1 Å². The van der Waals surface area contributed by atoms with Gasteiger partial charge in [0, 0.05) is 21.5 Å². The van der Waals surface area contributed by atoms with Crippen molar-refractivity contribution in [3.8, 4) is 0 Å². The van der Waals surface area contributed by atoms with Crippen molar-refractivity contribution in [1.29, 1.82) is 0 Å². The molecule has 0 aliphatic heterocycles. The summed E-state index contributed by atoms with van der Waals surface area (Å²) < 4.78 is 0. The Kier molecular flexibility index (Phi) is 3.60. The lowest BCUT2D eigenvalue weighted by Crippen LogP contribution is -2.20. The molecule has 2 aromatic rings. The molecule has 2 nitrogen and oxygen atoms in total. The summed E-state index contributed by atoms with van der Waals surface area (Å²) in [6.07, 6.45) is 0. The van der Waals surface area contributed by atoms with Crippen molar-refractivity contribution < 1.29 is 5.11 Å². The van der Waals surface area contributed by atoms with Crippen molar-refractivity contribution in [2.45, 2.75) is 52.6 Å². The summed E-state index contributed by atoms with van der Waals surface area (Å²) >= 11 is 6.17. The van der Waals surface area contributed by atoms with E-state index in [1.807, 2.05) is 25.1 Å². The molecular weight excluding hydrogens is 270 g/mol. The number of aryl methyl sites for hydroxylation is 1. The lowest BCUT2D eigenvalue weighted by atomic mass is 9.86. The van der Waals surface area contributed by atoms with Crippen LogP contribution in [0.25, 0.3) is 10.9 Å². The van der Waals surface area contributed by atoms with Gasteiger partial charge in [0.2, 0.25) is 0 Å². The number of pyridine rings is 1. The summed E-state index contributed by atoms with van der Waals surface area (Å²) in [5, 5.41) is 12.1. The minimum absolute atomic E-state index is 0.0692. The van der Waals surface area contributed by atoms with Crippen LogP contribution in [0.3, 0.4) is 0 Å². The van der Waals surface area contributed by atoms with Gasteiger partial charge in [0.1, 0.15) is 0 Å². The minimum Gasteiger partial charge on any atom is -0.386 e. The summed E-state index contributed by atoms with van der Waals surface area (Å²) in [6, 6.07) is 5.80. The van der Waals surface area contributed by atoms with Crippen molar-refractivity contribution in [1.82, 2.24) is 4.98 Å². The van der Waals surface area contributed by atoms with Gasteiger partial charge in [-0.05, 0) is 50.1 Å². The average Bonchev–Trinajstić information content (AvgIpc) is 2.24. The molecule has 0 saturated heterocycles. The van der Waals surface area contributed by atoms with Gasteiger partial charge in [-0.15, -0.1) is 0 Å². The van der Waals surface area contributed by atoms with Crippen molar-refractivity contribution >= 4 is 22.5 Å². The Hall–Kier alpha value is -1.12. The maximum atomic E-state index is 10.5. The van der Waals surface area contributed by atoms with Gasteiger partial charge in [0.25, 0.3) is 0 Å². The highest BCUT2D eigenvalue weighted by Gasteiger charge is 2.25. The van der Waals surface area contributed by atoms with Crippen molar-refractivity contribution in [3.05, 3.63) is 40.0 Å². The fourth-order valence-corrected chi connectivity index (χ4v) is 2.62. The zero-order valence-electron chi connectivity index (χ0n) is 13.0.